The molecule has 3 aliphatic heterocycles. The standard InChI is InChI=1S/C67H81N11O23S2/c1-8-67(92)25-44(51-36(53(67)65(91)94-7)22-37-52(57(51)85)56(84)50-35(55(37)83)10-9-11-42(50)79)98-48-23-41(78(5)6)58(30(3)96-48)100-49-24-43(80)59(31(4)97-49)99-47-19-17-38(29(2)95-47)76-77-46(82)20-21-102-103-28-40(64(90)101-93)72-45(81)18-16-39(63(88)89)73-61(86)32-12-14-33(15-13-32)69-26-34-27-70-60-54(71-34)62(87)75-66(68)74-60/h9-15,22,27,29-31,39-41,43-44,47-49,53,58-59,69,79-80,85,92-93H,8,16-21,23-26,28H2,1-7H3,(H,72,81)(H,73,86)(H,77,82)(H,88,89)(H3,68,70,74,75,87)/b76-38-/t29?,30?,31?,39-,40?,41?,43-,44-,47-,48-,49-,53-,58?,59-,67+/m0/s1. The van der Waals surface area contributed by atoms with Crippen molar-refractivity contribution in [3.8, 4) is 11.5 Å². The molecule has 10 rings (SSSR count). The van der Waals surface area contributed by atoms with E-state index in [1.807, 2.05) is 19.0 Å². The van der Waals surface area contributed by atoms with Crippen LogP contribution in [0.1, 0.15) is 157 Å². The molecule has 5 aliphatic rings. The third-order valence-corrected chi connectivity index (χ3v) is 21.0. The fraction of sp³-hybridized carbons (Fsp3) is 0.507. The van der Waals surface area contributed by atoms with Crippen molar-refractivity contribution in [2.24, 2.45) is 5.10 Å². The Balaban J connectivity index is 0.641. The number of aliphatic hydroxyl groups excluding tert-OH is 1. The fourth-order valence-corrected chi connectivity index (χ4v) is 15.3. The van der Waals surface area contributed by atoms with Crippen molar-refractivity contribution in [2.75, 3.05) is 43.8 Å². The number of hydrogen-bond acceptors (Lipinski definition) is 31. The highest BCUT2D eigenvalue weighted by molar-refractivity contribution is 8.76. The number of ether oxygens (including phenoxy) is 7. The third kappa shape index (κ3) is 17.5. The summed E-state index contributed by atoms with van der Waals surface area (Å²) in [6.45, 7) is 7.05. The monoisotopic (exact) mass is 1470 g/mol. The van der Waals surface area contributed by atoms with Gasteiger partial charge in [-0.1, -0.05) is 40.6 Å². The second-order valence-corrected chi connectivity index (χ2v) is 28.3. The number of phenols is 2. The van der Waals surface area contributed by atoms with Crippen LogP contribution in [-0.2, 0) is 68.6 Å². The van der Waals surface area contributed by atoms with Crippen molar-refractivity contribution < 1.29 is 107 Å². The van der Waals surface area contributed by atoms with Crippen LogP contribution >= 0.6 is 21.6 Å². The summed E-state index contributed by atoms with van der Waals surface area (Å²) in [5.74, 6) is -9.42. The summed E-state index contributed by atoms with van der Waals surface area (Å²) in [6, 6.07) is 8.05. The number of carbonyl (C=O) groups is 8. The highest BCUT2D eigenvalue weighted by Crippen LogP contribution is 2.54. The number of nitrogens with one attached hydrogen (secondary N) is 5. The molecule has 3 saturated heterocycles. The molecule has 34 nitrogen and oxygen atoms in total. The summed E-state index contributed by atoms with van der Waals surface area (Å²) in [5, 5.41) is 77.8. The van der Waals surface area contributed by atoms with E-state index < -0.39 is 162 Å². The van der Waals surface area contributed by atoms with Crippen LogP contribution in [0.3, 0.4) is 0 Å². The number of rotatable bonds is 27. The largest absolute Gasteiger partial charge is 0.507 e. The first kappa shape index (κ1) is 76.8. The van der Waals surface area contributed by atoms with Gasteiger partial charge >= 0.3 is 17.9 Å². The van der Waals surface area contributed by atoms with Crippen molar-refractivity contribution in [3.63, 3.8) is 0 Å². The van der Waals surface area contributed by atoms with Crippen LogP contribution in [0.15, 0.2) is 64.6 Å². The number of likely N-dealkylation sites (N-methyl/N-ethyl adjacent to an activating group) is 1. The van der Waals surface area contributed by atoms with E-state index in [4.69, 9.17) is 44.1 Å². The van der Waals surface area contributed by atoms with Crippen molar-refractivity contribution >= 4 is 97.3 Å². The van der Waals surface area contributed by atoms with E-state index in [1.54, 1.807) is 39.8 Å². The van der Waals surface area contributed by atoms with E-state index in [-0.39, 0.29) is 113 Å². The molecule has 36 heteroatoms. The highest BCUT2D eigenvalue weighted by atomic mass is 33.1. The maximum Gasteiger partial charge on any atom is 0.364 e. The number of carboxylic acids is 1. The number of H-pyrrole nitrogens is 1. The van der Waals surface area contributed by atoms with Gasteiger partial charge in [0.2, 0.25) is 23.5 Å². The van der Waals surface area contributed by atoms with E-state index in [0.29, 0.717) is 29.9 Å². The van der Waals surface area contributed by atoms with E-state index in [9.17, 15) is 68.7 Å². The van der Waals surface area contributed by atoms with Gasteiger partial charge in [0.1, 0.15) is 41.7 Å². The lowest BCUT2D eigenvalue weighted by Gasteiger charge is -2.48. The molecule has 0 radical (unpaired) electrons. The summed E-state index contributed by atoms with van der Waals surface area (Å²) < 4.78 is 43.7. The Bertz CT molecular complexity index is 4120. The lowest BCUT2D eigenvalue weighted by Crippen LogP contribution is -2.58. The average Bonchev–Trinajstić information content (AvgIpc) is 0.711. The van der Waals surface area contributed by atoms with Gasteiger partial charge in [0, 0.05) is 84.0 Å². The summed E-state index contributed by atoms with van der Waals surface area (Å²) >= 11 is 0. The number of aromatic amines is 1. The number of aliphatic hydroxyl groups is 2. The van der Waals surface area contributed by atoms with Crippen LogP contribution in [0, 0.1) is 0 Å². The smallest absolute Gasteiger partial charge is 0.364 e. The zero-order valence-electron chi connectivity index (χ0n) is 57.0. The number of esters is 1. The molecule has 3 fully saturated rings. The van der Waals surface area contributed by atoms with E-state index in [0.717, 1.165) is 17.9 Å². The highest BCUT2D eigenvalue weighted by Gasteiger charge is 2.54. The van der Waals surface area contributed by atoms with E-state index in [1.165, 1.54) is 53.4 Å². The summed E-state index contributed by atoms with van der Waals surface area (Å²) in [7, 11) is 7.08. The van der Waals surface area contributed by atoms with Gasteiger partial charge in [0.05, 0.1) is 78.5 Å². The number of carbonyl (C=O) groups excluding carboxylic acids is 7. The van der Waals surface area contributed by atoms with Crippen LogP contribution in [-0.4, -0.2) is 220 Å². The first-order valence-corrected chi connectivity index (χ1v) is 35.6. The number of hydrazone groups is 1. The number of aliphatic carboxylic acids is 1. The number of carboxylic acid groups (broad SMARTS) is 1. The van der Waals surface area contributed by atoms with Crippen LogP contribution in [0.25, 0.3) is 11.2 Å². The molecule has 2 aromatic heterocycles. The SMILES string of the molecule is CC[C@@]1(O)C[C@H](O[C@H]2CC(N(C)C)C(O[C@H]3C[C@H](O)[C@@H](O[C@H]4CC/C(=N/NC(=O)CCSSCC(NC(=O)CC[C@H](NC(=O)c5ccc(NCc6cnc7nc(N)[nH]c(=O)c7n6)cc5)C(=O)O)C(=O)OO)C(C)O4)C(C)O3)C(C)O2)c2c(cc3c(c2O)C(=O)c2c(O)cccc2C3=O)[C@H]1C(=O)OC. The number of nitrogens with two attached hydrogens (primary N) is 1. The van der Waals surface area contributed by atoms with Crippen LogP contribution < -0.4 is 32.7 Å². The average molecular weight is 1470 g/mol. The molecule has 103 heavy (non-hydrogen) atoms. The zero-order valence-corrected chi connectivity index (χ0v) is 58.7. The van der Waals surface area contributed by atoms with E-state index >= 15 is 0 Å². The van der Waals surface area contributed by atoms with Gasteiger partial charge in [-0.05, 0) is 96.1 Å². The number of amides is 3. The van der Waals surface area contributed by atoms with Gasteiger partial charge in [-0.15, -0.1) is 0 Å². The second kappa shape index (κ2) is 33.3. The molecule has 0 saturated carbocycles. The van der Waals surface area contributed by atoms with Crippen molar-refractivity contribution in [1.29, 1.82) is 0 Å². The maximum atomic E-state index is 14.1. The van der Waals surface area contributed by atoms with Gasteiger partial charge in [-0.25, -0.2) is 25.0 Å². The number of aromatic nitrogens is 4. The molecule has 0 spiro atoms. The lowest BCUT2D eigenvalue weighted by molar-refractivity contribution is -0.324. The summed E-state index contributed by atoms with van der Waals surface area (Å²) in [6.07, 6.45) is -7.34. The Morgan fingerprint density at radius 1 is 0.864 bits per heavy atom. The molecule has 5 heterocycles. The van der Waals surface area contributed by atoms with Crippen LogP contribution in [0.4, 0.5) is 11.6 Å². The molecule has 3 aromatic carbocycles. The predicted octanol–water partition coefficient (Wildman–Crippen LogP) is 3.22. The fourth-order valence-electron chi connectivity index (χ4n) is 13.2. The molecule has 15 atom stereocenters. The Morgan fingerprint density at radius 2 is 1.58 bits per heavy atom. The van der Waals surface area contributed by atoms with Gasteiger partial charge in [0.15, 0.2) is 35.8 Å². The molecule has 13 N–H and O–H groups in total. The number of anilines is 2. The molecule has 2 aliphatic carbocycles. The molecule has 0 bridgehead atoms. The first-order valence-electron chi connectivity index (χ1n) is 33.1. The summed E-state index contributed by atoms with van der Waals surface area (Å²) in [4.78, 5) is 138. The number of ketones is 2. The quantitative estimate of drug-likeness (QED) is 0.0116. The topological polar surface area (TPSA) is 493 Å². The molecule has 3 amide bonds. The molecule has 6 unspecified atom stereocenters. The third-order valence-electron chi connectivity index (χ3n) is 18.6. The van der Waals surface area contributed by atoms with Crippen LogP contribution in [0.5, 0.6) is 11.5 Å². The lowest BCUT2D eigenvalue weighted by atomic mass is 9.67. The minimum atomic E-state index is -1.82. The zero-order chi connectivity index (χ0) is 74.3. The number of methoxy groups -OCH3 is 1. The second-order valence-electron chi connectivity index (χ2n) is 25.7. The minimum Gasteiger partial charge on any atom is -0.507 e. The Morgan fingerprint density at radius 3 is 2.26 bits per heavy atom. The number of fused-ring (bicyclic) bond motifs is 4. The van der Waals surface area contributed by atoms with Crippen molar-refractivity contribution in [2.45, 2.75) is 183 Å². The number of hydrogen-bond donors (Lipinski definition) is 12. The van der Waals surface area contributed by atoms with Crippen molar-refractivity contribution in [1.82, 2.24) is 40.9 Å². The number of aromatic hydroxyl groups is 2. The number of phenolic OH excluding ortho intramolecular Hbond substituents is 2. The normalized spacial score (nSPS) is 26.3. The molecular weight excluding hydrogens is 1390 g/mol. The summed E-state index contributed by atoms with van der Waals surface area (Å²) in [5.41, 5.74) is 6.42. The van der Waals surface area contributed by atoms with Gasteiger partial charge < -0.3 is 85.3 Å². The molecule has 5 aromatic rings. The van der Waals surface area contributed by atoms with Crippen LogP contribution in [0.2, 0.25) is 0 Å². The Kier molecular flexibility index (Phi) is 24.9. The number of nitrogen functional groups attached to an aromatic ring is 1. The number of nitrogens with zero attached hydrogens (tertiary/aromatic N) is 5. The molecular formula is C67H81N11O23S2. The van der Waals surface area contributed by atoms with Crippen molar-refractivity contribution in [3.05, 3.63) is 110 Å². The maximum absolute atomic E-state index is 14.1. The number of benzene rings is 3. The minimum absolute atomic E-state index is 0.00171. The Hall–Kier alpha value is -8.79. The van der Waals surface area contributed by atoms with E-state index in [2.05, 4.69) is 51.3 Å². The van der Waals surface area contributed by atoms with Gasteiger partial charge in [-0.2, -0.15) is 15.3 Å². The first-order chi connectivity index (χ1) is 49.1. The van der Waals surface area contributed by atoms with Gasteiger partial charge in [-0.3, -0.25) is 43.4 Å². The van der Waals surface area contributed by atoms with Gasteiger partial charge in [0.25, 0.3) is 11.5 Å². The Labute approximate surface area is 596 Å². The molecule has 554 valence electrons. The predicted molar refractivity (Wildman–Crippen MR) is 366 cm³/mol.